The van der Waals surface area contributed by atoms with Crippen molar-refractivity contribution in [2.45, 2.75) is 16.7 Å². The number of halogens is 1. The highest BCUT2D eigenvalue weighted by Crippen LogP contribution is 2.14. The standard InChI is InChI=1S/C8H10ClN3OS/c9-7-1-2-8(12-11-7)14(13)6-3-4-10-5-6/h1-2,6,10H,3-5H2/t6-,14+/m1/s1. The molecule has 0 aromatic carbocycles. The summed E-state index contributed by atoms with van der Waals surface area (Å²) in [6, 6.07) is 3.29. The maximum Gasteiger partial charge on any atom is 0.151 e. The van der Waals surface area contributed by atoms with Crippen LogP contribution in [0.1, 0.15) is 6.42 Å². The Hall–Kier alpha value is -0.520. The third-order valence-corrected chi connectivity index (χ3v) is 3.97. The Morgan fingerprint density at radius 1 is 1.50 bits per heavy atom. The summed E-state index contributed by atoms with van der Waals surface area (Å²) in [5.74, 6) is 0. The third kappa shape index (κ3) is 2.10. The molecule has 76 valence electrons. The highest BCUT2D eigenvalue weighted by Gasteiger charge is 2.23. The molecule has 0 amide bonds. The summed E-state index contributed by atoms with van der Waals surface area (Å²) >= 11 is 5.59. The maximum atomic E-state index is 11.9. The van der Waals surface area contributed by atoms with Crippen LogP contribution in [0.15, 0.2) is 17.2 Å². The number of aromatic nitrogens is 2. The van der Waals surface area contributed by atoms with Crippen LogP contribution in [-0.2, 0) is 10.8 Å². The Morgan fingerprint density at radius 3 is 2.93 bits per heavy atom. The zero-order valence-electron chi connectivity index (χ0n) is 7.44. The minimum atomic E-state index is -1.06. The molecule has 1 aromatic heterocycles. The van der Waals surface area contributed by atoms with Gasteiger partial charge in [0.2, 0.25) is 0 Å². The minimum Gasteiger partial charge on any atom is -0.315 e. The van der Waals surface area contributed by atoms with Crippen molar-refractivity contribution < 1.29 is 4.21 Å². The molecule has 0 saturated carbocycles. The molecule has 1 aliphatic heterocycles. The molecule has 1 saturated heterocycles. The lowest BCUT2D eigenvalue weighted by Crippen LogP contribution is -2.19. The average Bonchev–Trinajstić information content (AvgIpc) is 2.71. The maximum absolute atomic E-state index is 11.9. The molecule has 0 aliphatic carbocycles. The van der Waals surface area contributed by atoms with E-state index in [-0.39, 0.29) is 5.25 Å². The van der Waals surface area contributed by atoms with E-state index in [9.17, 15) is 4.21 Å². The molecule has 0 bridgehead atoms. The molecular weight excluding hydrogens is 222 g/mol. The zero-order chi connectivity index (χ0) is 9.97. The zero-order valence-corrected chi connectivity index (χ0v) is 9.01. The summed E-state index contributed by atoms with van der Waals surface area (Å²) in [5, 5.41) is 11.7. The second-order valence-corrected chi connectivity index (χ2v) is 5.17. The van der Waals surface area contributed by atoms with Crippen molar-refractivity contribution >= 4 is 22.4 Å². The van der Waals surface area contributed by atoms with Gasteiger partial charge in [-0.25, -0.2) is 0 Å². The summed E-state index contributed by atoms with van der Waals surface area (Å²) in [7, 11) is -1.06. The second-order valence-electron chi connectivity index (χ2n) is 3.11. The van der Waals surface area contributed by atoms with E-state index in [4.69, 9.17) is 11.6 Å². The van der Waals surface area contributed by atoms with Gasteiger partial charge in [-0.1, -0.05) is 11.6 Å². The fourth-order valence-electron chi connectivity index (χ4n) is 1.39. The first-order valence-electron chi connectivity index (χ1n) is 4.38. The smallest absolute Gasteiger partial charge is 0.151 e. The molecule has 2 atom stereocenters. The Bertz CT molecular complexity index is 337. The highest BCUT2D eigenvalue weighted by molar-refractivity contribution is 7.85. The summed E-state index contributed by atoms with van der Waals surface area (Å²) in [6.07, 6.45) is 0.927. The van der Waals surface area contributed by atoms with Gasteiger partial charge in [0.15, 0.2) is 5.15 Å². The van der Waals surface area contributed by atoms with Crippen molar-refractivity contribution in [1.82, 2.24) is 15.5 Å². The Kier molecular flexibility index (Phi) is 3.10. The minimum absolute atomic E-state index is 0.158. The lowest BCUT2D eigenvalue weighted by Gasteiger charge is -2.06. The van der Waals surface area contributed by atoms with Gasteiger partial charge in [-0.2, -0.15) is 0 Å². The van der Waals surface area contributed by atoms with Gasteiger partial charge in [-0.3, -0.25) is 4.21 Å². The van der Waals surface area contributed by atoms with Crippen LogP contribution in [-0.4, -0.2) is 32.7 Å². The van der Waals surface area contributed by atoms with Gasteiger partial charge >= 0.3 is 0 Å². The van der Waals surface area contributed by atoms with Crippen molar-refractivity contribution in [3.63, 3.8) is 0 Å². The molecule has 1 fully saturated rings. The lowest BCUT2D eigenvalue weighted by molar-refractivity contribution is 0.667. The molecule has 14 heavy (non-hydrogen) atoms. The lowest BCUT2D eigenvalue weighted by atomic mass is 10.4. The fraction of sp³-hybridized carbons (Fsp3) is 0.500. The second kappa shape index (κ2) is 4.33. The molecule has 1 N–H and O–H groups in total. The van der Waals surface area contributed by atoms with Gasteiger partial charge < -0.3 is 5.32 Å². The van der Waals surface area contributed by atoms with Crippen LogP contribution in [0.25, 0.3) is 0 Å². The van der Waals surface area contributed by atoms with Crippen LogP contribution in [0.4, 0.5) is 0 Å². The summed E-state index contributed by atoms with van der Waals surface area (Å²) < 4.78 is 11.9. The van der Waals surface area contributed by atoms with Crippen molar-refractivity contribution in [2.24, 2.45) is 0 Å². The van der Waals surface area contributed by atoms with Gasteiger partial charge in [0, 0.05) is 6.54 Å². The van der Waals surface area contributed by atoms with E-state index in [1.165, 1.54) is 0 Å². The van der Waals surface area contributed by atoms with Crippen LogP contribution >= 0.6 is 11.6 Å². The van der Waals surface area contributed by atoms with Gasteiger partial charge in [-0.05, 0) is 25.1 Å². The van der Waals surface area contributed by atoms with E-state index in [2.05, 4.69) is 15.5 Å². The normalized spacial score (nSPS) is 23.6. The Morgan fingerprint density at radius 2 is 2.36 bits per heavy atom. The number of rotatable bonds is 2. The van der Waals surface area contributed by atoms with E-state index in [1.54, 1.807) is 12.1 Å². The first-order chi connectivity index (χ1) is 6.77. The largest absolute Gasteiger partial charge is 0.315 e. The molecule has 1 aliphatic rings. The average molecular weight is 232 g/mol. The predicted molar refractivity (Wildman–Crippen MR) is 54.7 cm³/mol. The van der Waals surface area contributed by atoms with Crippen molar-refractivity contribution in [2.75, 3.05) is 13.1 Å². The molecule has 6 heteroatoms. The van der Waals surface area contributed by atoms with Crippen molar-refractivity contribution in [1.29, 1.82) is 0 Å². The quantitative estimate of drug-likeness (QED) is 0.810. The monoisotopic (exact) mass is 231 g/mol. The van der Waals surface area contributed by atoms with E-state index in [0.29, 0.717) is 10.2 Å². The SMILES string of the molecule is O=[S@](c1ccc(Cl)nn1)[C@@H]1CCNC1. The fourth-order valence-corrected chi connectivity index (χ4v) is 2.76. The number of hydrogen-bond acceptors (Lipinski definition) is 4. The highest BCUT2D eigenvalue weighted by atomic mass is 35.5. The molecule has 2 rings (SSSR count). The molecule has 4 nitrogen and oxygen atoms in total. The predicted octanol–water partition coefficient (Wildman–Crippen LogP) is 0.599. The van der Waals surface area contributed by atoms with Crippen LogP contribution < -0.4 is 5.32 Å². The van der Waals surface area contributed by atoms with E-state index in [1.807, 2.05) is 0 Å². The van der Waals surface area contributed by atoms with Crippen molar-refractivity contribution in [3.8, 4) is 0 Å². The summed E-state index contributed by atoms with van der Waals surface area (Å²) in [6.45, 7) is 1.72. The van der Waals surface area contributed by atoms with Crippen LogP contribution in [0.3, 0.4) is 0 Å². The van der Waals surface area contributed by atoms with Gasteiger partial charge in [0.05, 0.1) is 16.0 Å². The van der Waals surface area contributed by atoms with Crippen molar-refractivity contribution in [3.05, 3.63) is 17.3 Å². The van der Waals surface area contributed by atoms with Gasteiger partial charge in [0.1, 0.15) is 5.03 Å². The van der Waals surface area contributed by atoms with E-state index >= 15 is 0 Å². The summed E-state index contributed by atoms with van der Waals surface area (Å²) in [4.78, 5) is 0. The van der Waals surface area contributed by atoms with Crippen LogP contribution in [0.5, 0.6) is 0 Å². The Balaban J connectivity index is 2.14. The molecule has 0 spiro atoms. The molecule has 1 aromatic rings. The molecular formula is C8H10ClN3OS. The Labute approximate surface area is 89.5 Å². The number of hydrogen-bond donors (Lipinski definition) is 1. The number of nitrogens with one attached hydrogen (secondary N) is 1. The van der Waals surface area contributed by atoms with E-state index in [0.717, 1.165) is 19.5 Å². The van der Waals surface area contributed by atoms with E-state index < -0.39 is 10.8 Å². The van der Waals surface area contributed by atoms with Crippen LogP contribution in [0.2, 0.25) is 5.15 Å². The third-order valence-electron chi connectivity index (χ3n) is 2.13. The molecule has 0 unspecified atom stereocenters. The molecule has 2 heterocycles. The number of nitrogens with zero attached hydrogens (tertiary/aromatic N) is 2. The first-order valence-corrected chi connectivity index (χ1v) is 5.97. The van der Waals surface area contributed by atoms with Gasteiger partial charge in [-0.15, -0.1) is 10.2 Å². The summed E-state index contributed by atoms with van der Waals surface area (Å²) in [5.41, 5.74) is 0. The molecule has 0 radical (unpaired) electrons. The van der Waals surface area contributed by atoms with Gasteiger partial charge in [0.25, 0.3) is 0 Å². The first kappa shape index (κ1) is 10.0. The van der Waals surface area contributed by atoms with Crippen LogP contribution in [0, 0.1) is 0 Å². The topological polar surface area (TPSA) is 54.9 Å².